The van der Waals surface area contributed by atoms with Crippen molar-refractivity contribution in [2.45, 2.75) is 20.8 Å². The molecule has 72 valence electrons. The predicted molar refractivity (Wildman–Crippen MR) is 55.0 cm³/mol. The van der Waals surface area contributed by atoms with Gasteiger partial charge in [0.25, 0.3) is 0 Å². The highest BCUT2D eigenvalue weighted by atomic mass is 35.5. The van der Waals surface area contributed by atoms with Crippen LogP contribution in [0, 0.1) is 5.41 Å². The molecule has 0 saturated carbocycles. The van der Waals surface area contributed by atoms with E-state index in [-0.39, 0.29) is 5.41 Å². The predicted octanol–water partition coefficient (Wildman–Crippen LogP) is 2.59. The SMILES string of the molecule is CC(C)(C)CNc1nccc(Cl)n1. The average Bonchev–Trinajstić information content (AvgIpc) is 2.00. The van der Waals surface area contributed by atoms with E-state index in [4.69, 9.17) is 11.6 Å². The lowest BCUT2D eigenvalue weighted by Crippen LogP contribution is -2.20. The van der Waals surface area contributed by atoms with Gasteiger partial charge in [0.15, 0.2) is 0 Å². The Labute approximate surface area is 83.5 Å². The van der Waals surface area contributed by atoms with Crippen LogP contribution < -0.4 is 5.32 Å². The summed E-state index contributed by atoms with van der Waals surface area (Å²) in [5.41, 5.74) is 0.214. The van der Waals surface area contributed by atoms with Crippen molar-refractivity contribution in [2.75, 3.05) is 11.9 Å². The first-order chi connectivity index (χ1) is 5.97. The zero-order chi connectivity index (χ0) is 9.90. The number of hydrogen-bond acceptors (Lipinski definition) is 3. The Hall–Kier alpha value is -0.830. The number of nitrogens with zero attached hydrogens (tertiary/aromatic N) is 2. The van der Waals surface area contributed by atoms with Gasteiger partial charge in [0.1, 0.15) is 5.15 Å². The van der Waals surface area contributed by atoms with Crippen LogP contribution in [0.5, 0.6) is 0 Å². The monoisotopic (exact) mass is 199 g/mol. The summed E-state index contributed by atoms with van der Waals surface area (Å²) in [6.07, 6.45) is 1.64. The zero-order valence-corrected chi connectivity index (χ0v) is 8.89. The largest absolute Gasteiger partial charge is 0.354 e. The third-order valence-electron chi connectivity index (χ3n) is 1.40. The Bertz CT molecular complexity index is 280. The van der Waals surface area contributed by atoms with E-state index in [1.54, 1.807) is 12.3 Å². The highest BCUT2D eigenvalue weighted by Gasteiger charge is 2.09. The molecule has 0 spiro atoms. The van der Waals surface area contributed by atoms with Crippen molar-refractivity contribution in [1.82, 2.24) is 9.97 Å². The van der Waals surface area contributed by atoms with Gasteiger partial charge in [0.05, 0.1) is 0 Å². The maximum Gasteiger partial charge on any atom is 0.224 e. The summed E-state index contributed by atoms with van der Waals surface area (Å²) >= 11 is 5.70. The molecule has 0 radical (unpaired) electrons. The molecule has 0 fully saturated rings. The van der Waals surface area contributed by atoms with Crippen LogP contribution in [0.1, 0.15) is 20.8 Å². The van der Waals surface area contributed by atoms with Gasteiger partial charge in [-0.2, -0.15) is 0 Å². The molecule has 3 nitrogen and oxygen atoms in total. The molecule has 1 N–H and O–H groups in total. The molecule has 0 bridgehead atoms. The van der Waals surface area contributed by atoms with Crippen molar-refractivity contribution in [3.63, 3.8) is 0 Å². The van der Waals surface area contributed by atoms with Crippen LogP contribution in [0.15, 0.2) is 12.3 Å². The minimum absolute atomic E-state index is 0.214. The fourth-order valence-electron chi connectivity index (χ4n) is 0.766. The Kier molecular flexibility index (Phi) is 3.09. The standard InChI is InChI=1S/C9H14ClN3/c1-9(2,3)6-12-8-11-5-4-7(10)13-8/h4-5H,6H2,1-3H3,(H,11,12,13). The van der Waals surface area contributed by atoms with Crippen molar-refractivity contribution >= 4 is 17.5 Å². The number of nitrogens with one attached hydrogen (secondary N) is 1. The Morgan fingerprint density at radius 1 is 1.46 bits per heavy atom. The lowest BCUT2D eigenvalue weighted by Gasteiger charge is -2.18. The first kappa shape index (κ1) is 10.3. The van der Waals surface area contributed by atoms with Crippen LogP contribution in [-0.4, -0.2) is 16.5 Å². The second-order valence-corrected chi connectivity index (χ2v) is 4.50. The molecule has 4 heteroatoms. The lowest BCUT2D eigenvalue weighted by molar-refractivity contribution is 0.442. The average molecular weight is 200 g/mol. The second-order valence-electron chi connectivity index (χ2n) is 4.12. The maximum absolute atomic E-state index is 5.70. The quantitative estimate of drug-likeness (QED) is 0.745. The van der Waals surface area contributed by atoms with E-state index < -0.39 is 0 Å². The third-order valence-corrected chi connectivity index (χ3v) is 1.61. The van der Waals surface area contributed by atoms with Gasteiger partial charge in [-0.25, -0.2) is 9.97 Å². The van der Waals surface area contributed by atoms with Gasteiger partial charge >= 0.3 is 0 Å². The molecule has 0 aliphatic heterocycles. The number of anilines is 1. The van der Waals surface area contributed by atoms with Gasteiger partial charge < -0.3 is 5.32 Å². The first-order valence-corrected chi connectivity index (χ1v) is 4.58. The van der Waals surface area contributed by atoms with Crippen molar-refractivity contribution < 1.29 is 0 Å². The Morgan fingerprint density at radius 2 is 2.15 bits per heavy atom. The molecule has 1 aromatic rings. The number of rotatable bonds is 2. The molecule has 1 aromatic heterocycles. The number of aromatic nitrogens is 2. The molecule has 0 atom stereocenters. The van der Waals surface area contributed by atoms with E-state index >= 15 is 0 Å². The van der Waals surface area contributed by atoms with Crippen LogP contribution in [0.2, 0.25) is 5.15 Å². The van der Waals surface area contributed by atoms with Gasteiger partial charge in [-0.1, -0.05) is 32.4 Å². The van der Waals surface area contributed by atoms with E-state index in [0.29, 0.717) is 11.1 Å². The fraction of sp³-hybridized carbons (Fsp3) is 0.556. The van der Waals surface area contributed by atoms with Crippen molar-refractivity contribution in [2.24, 2.45) is 5.41 Å². The second kappa shape index (κ2) is 3.92. The van der Waals surface area contributed by atoms with E-state index in [9.17, 15) is 0 Å². The van der Waals surface area contributed by atoms with Gasteiger partial charge in [-0.05, 0) is 11.5 Å². The molecule has 0 aliphatic rings. The number of hydrogen-bond donors (Lipinski definition) is 1. The Morgan fingerprint density at radius 3 is 2.69 bits per heavy atom. The van der Waals surface area contributed by atoms with Crippen LogP contribution in [0.4, 0.5) is 5.95 Å². The summed E-state index contributed by atoms with van der Waals surface area (Å²) in [7, 11) is 0. The smallest absolute Gasteiger partial charge is 0.224 e. The van der Waals surface area contributed by atoms with E-state index in [1.807, 2.05) is 0 Å². The Balaban J connectivity index is 2.55. The fourth-order valence-corrected chi connectivity index (χ4v) is 0.902. The van der Waals surface area contributed by atoms with Gasteiger partial charge in [-0.15, -0.1) is 0 Å². The molecular formula is C9H14ClN3. The molecular weight excluding hydrogens is 186 g/mol. The highest BCUT2D eigenvalue weighted by molar-refractivity contribution is 6.29. The minimum atomic E-state index is 0.214. The van der Waals surface area contributed by atoms with Gasteiger partial charge in [0.2, 0.25) is 5.95 Å². The van der Waals surface area contributed by atoms with E-state index in [2.05, 4.69) is 36.1 Å². The topological polar surface area (TPSA) is 37.8 Å². The summed E-state index contributed by atoms with van der Waals surface area (Å²) < 4.78 is 0. The summed E-state index contributed by atoms with van der Waals surface area (Å²) in [6, 6.07) is 1.66. The molecule has 1 heterocycles. The summed E-state index contributed by atoms with van der Waals surface area (Å²) in [5.74, 6) is 0.586. The summed E-state index contributed by atoms with van der Waals surface area (Å²) in [4.78, 5) is 8.06. The van der Waals surface area contributed by atoms with Crippen LogP contribution in [0.3, 0.4) is 0 Å². The molecule has 0 amide bonds. The maximum atomic E-state index is 5.70. The normalized spacial score (nSPS) is 11.4. The van der Waals surface area contributed by atoms with Crippen molar-refractivity contribution in [3.05, 3.63) is 17.4 Å². The molecule has 0 saturated heterocycles. The van der Waals surface area contributed by atoms with Crippen LogP contribution in [0.25, 0.3) is 0 Å². The first-order valence-electron chi connectivity index (χ1n) is 4.20. The zero-order valence-electron chi connectivity index (χ0n) is 8.13. The highest BCUT2D eigenvalue weighted by Crippen LogP contribution is 2.13. The summed E-state index contributed by atoms with van der Waals surface area (Å²) in [6.45, 7) is 7.26. The lowest BCUT2D eigenvalue weighted by atomic mass is 9.97. The molecule has 0 unspecified atom stereocenters. The molecule has 1 rings (SSSR count). The van der Waals surface area contributed by atoms with Crippen LogP contribution in [-0.2, 0) is 0 Å². The molecule has 13 heavy (non-hydrogen) atoms. The van der Waals surface area contributed by atoms with Crippen molar-refractivity contribution in [3.8, 4) is 0 Å². The number of halogens is 1. The minimum Gasteiger partial charge on any atom is -0.354 e. The van der Waals surface area contributed by atoms with Crippen molar-refractivity contribution in [1.29, 1.82) is 0 Å². The van der Waals surface area contributed by atoms with Gasteiger partial charge in [0, 0.05) is 12.7 Å². The van der Waals surface area contributed by atoms with E-state index in [0.717, 1.165) is 6.54 Å². The third kappa shape index (κ3) is 4.08. The van der Waals surface area contributed by atoms with Gasteiger partial charge in [-0.3, -0.25) is 0 Å². The molecule has 0 aliphatic carbocycles. The molecule has 0 aromatic carbocycles. The summed E-state index contributed by atoms with van der Waals surface area (Å²) in [5, 5.41) is 3.58. The van der Waals surface area contributed by atoms with E-state index in [1.165, 1.54) is 0 Å². The van der Waals surface area contributed by atoms with Crippen LogP contribution >= 0.6 is 11.6 Å².